The molecule has 0 unspecified atom stereocenters. The molecule has 0 atom stereocenters. The first-order valence-electron chi connectivity index (χ1n) is 5.29. The third-order valence-corrected chi connectivity index (χ3v) is 4.48. The molecule has 7 nitrogen and oxygen atoms in total. The number of nitrogens with two attached hydrogens (primary N) is 1. The Hall–Kier alpha value is -1.45. The van der Waals surface area contributed by atoms with Crippen molar-refractivity contribution in [2.75, 3.05) is 12.3 Å². The summed E-state index contributed by atoms with van der Waals surface area (Å²) in [4.78, 5) is 3.94. The largest absolute Gasteiger partial charge is 0.398 e. The van der Waals surface area contributed by atoms with Gasteiger partial charge in [-0.3, -0.25) is 0 Å². The van der Waals surface area contributed by atoms with E-state index in [4.69, 9.17) is 5.73 Å². The molecule has 2 aromatic rings. The van der Waals surface area contributed by atoms with Crippen LogP contribution in [0.3, 0.4) is 0 Å². The van der Waals surface area contributed by atoms with Gasteiger partial charge in [-0.1, -0.05) is 5.16 Å². The van der Waals surface area contributed by atoms with Crippen LogP contribution in [0.1, 0.15) is 5.82 Å². The van der Waals surface area contributed by atoms with Crippen LogP contribution < -0.4 is 10.5 Å². The van der Waals surface area contributed by atoms with Crippen molar-refractivity contribution in [2.24, 2.45) is 0 Å². The molecule has 0 radical (unpaired) electrons. The fourth-order valence-corrected chi connectivity index (χ4v) is 2.95. The Labute approximate surface area is 118 Å². The summed E-state index contributed by atoms with van der Waals surface area (Å²) in [5, 5.41) is 3.59. The van der Waals surface area contributed by atoms with Gasteiger partial charge in [0.1, 0.15) is 0 Å². The van der Waals surface area contributed by atoms with Crippen LogP contribution in [-0.4, -0.2) is 25.1 Å². The maximum Gasteiger partial charge on any atom is 0.240 e. The number of hydrogen-bond acceptors (Lipinski definition) is 6. The lowest BCUT2D eigenvalue weighted by Crippen LogP contribution is -2.26. The number of aromatic nitrogens is 2. The molecule has 3 N–H and O–H groups in total. The van der Waals surface area contributed by atoms with Gasteiger partial charge < -0.3 is 10.3 Å². The number of sulfonamides is 1. The number of hydrogen-bond donors (Lipinski definition) is 2. The monoisotopic (exact) mass is 346 g/mol. The van der Waals surface area contributed by atoms with Crippen molar-refractivity contribution in [3.63, 3.8) is 0 Å². The van der Waals surface area contributed by atoms with Gasteiger partial charge in [0.05, 0.1) is 4.90 Å². The molecule has 102 valence electrons. The lowest BCUT2D eigenvalue weighted by atomic mass is 10.3. The molecule has 0 bridgehead atoms. The van der Waals surface area contributed by atoms with Crippen molar-refractivity contribution < 1.29 is 12.9 Å². The van der Waals surface area contributed by atoms with Crippen molar-refractivity contribution >= 4 is 31.6 Å². The fraction of sp³-hybridized carbons (Fsp3) is 0.200. The Balaban J connectivity index is 2.03. The van der Waals surface area contributed by atoms with Gasteiger partial charge in [-0.15, -0.1) is 0 Å². The van der Waals surface area contributed by atoms with E-state index in [2.05, 4.69) is 35.3 Å². The topological polar surface area (TPSA) is 111 Å². The smallest absolute Gasteiger partial charge is 0.240 e. The van der Waals surface area contributed by atoms with E-state index in [-0.39, 0.29) is 11.4 Å². The van der Waals surface area contributed by atoms with Gasteiger partial charge >= 0.3 is 0 Å². The second kappa shape index (κ2) is 5.68. The van der Waals surface area contributed by atoms with Gasteiger partial charge in [0.2, 0.25) is 16.4 Å². The lowest BCUT2D eigenvalue weighted by Gasteiger charge is -2.07. The molecule has 1 aromatic heterocycles. The van der Waals surface area contributed by atoms with E-state index in [9.17, 15) is 8.42 Å². The molecule has 0 aliphatic carbocycles. The highest BCUT2D eigenvalue weighted by molar-refractivity contribution is 9.10. The molecule has 0 saturated heterocycles. The summed E-state index contributed by atoms with van der Waals surface area (Å²) in [6.45, 7) is 0.184. The highest BCUT2D eigenvalue weighted by Crippen LogP contribution is 2.22. The van der Waals surface area contributed by atoms with Gasteiger partial charge in [0.25, 0.3) is 0 Å². The summed E-state index contributed by atoms with van der Waals surface area (Å²) in [6.07, 6.45) is 1.55. The van der Waals surface area contributed by atoms with Crippen LogP contribution in [0.15, 0.2) is 38.5 Å². The number of anilines is 1. The van der Waals surface area contributed by atoms with E-state index >= 15 is 0 Å². The number of rotatable bonds is 5. The molecule has 0 aliphatic heterocycles. The number of halogens is 1. The van der Waals surface area contributed by atoms with Gasteiger partial charge in [0.15, 0.2) is 5.82 Å². The maximum absolute atomic E-state index is 12.0. The minimum absolute atomic E-state index is 0.140. The molecular weight excluding hydrogens is 336 g/mol. The van der Waals surface area contributed by atoms with Gasteiger partial charge in [-0.25, -0.2) is 13.1 Å². The zero-order valence-electron chi connectivity index (χ0n) is 9.71. The van der Waals surface area contributed by atoms with E-state index < -0.39 is 10.0 Å². The second-order valence-electron chi connectivity index (χ2n) is 3.68. The third kappa shape index (κ3) is 3.52. The standard InChI is InChI=1S/C10H11BrN4O3S/c11-8-5-7(1-2-9(8)12)19(16,17)14-4-3-10-13-6-18-15-10/h1-2,5-6,14H,3-4,12H2. The van der Waals surface area contributed by atoms with Crippen LogP contribution in [-0.2, 0) is 16.4 Å². The van der Waals surface area contributed by atoms with Crippen LogP contribution in [0, 0.1) is 0 Å². The first-order chi connectivity index (χ1) is 8.99. The summed E-state index contributed by atoms with van der Waals surface area (Å²) in [5.41, 5.74) is 6.08. The number of nitrogens with one attached hydrogen (secondary N) is 1. The van der Waals surface area contributed by atoms with E-state index in [0.717, 1.165) is 0 Å². The molecule has 0 spiro atoms. The summed E-state index contributed by atoms with van der Waals surface area (Å²) < 4.78 is 31.5. The summed E-state index contributed by atoms with van der Waals surface area (Å²) in [7, 11) is -3.57. The van der Waals surface area contributed by atoms with E-state index in [1.54, 1.807) is 0 Å². The molecule has 0 aliphatic rings. The predicted octanol–water partition coefficient (Wildman–Crippen LogP) is 0.935. The van der Waals surface area contributed by atoms with Crippen LogP contribution in [0.25, 0.3) is 0 Å². The molecule has 9 heteroatoms. The second-order valence-corrected chi connectivity index (χ2v) is 6.30. The average molecular weight is 347 g/mol. The number of nitrogens with zero attached hydrogens (tertiary/aromatic N) is 2. The molecule has 1 heterocycles. The summed E-state index contributed by atoms with van der Waals surface area (Å²) >= 11 is 3.19. The molecular formula is C10H11BrN4O3S. The first kappa shape index (κ1) is 14.0. The van der Waals surface area contributed by atoms with Crippen molar-refractivity contribution in [3.05, 3.63) is 34.9 Å². The third-order valence-electron chi connectivity index (χ3n) is 2.33. The number of benzene rings is 1. The zero-order valence-corrected chi connectivity index (χ0v) is 12.1. The zero-order chi connectivity index (χ0) is 13.9. The van der Waals surface area contributed by atoms with Crippen LogP contribution in [0.2, 0.25) is 0 Å². The average Bonchev–Trinajstić information content (AvgIpc) is 2.85. The molecule has 0 saturated carbocycles. The normalized spacial score (nSPS) is 11.6. The van der Waals surface area contributed by atoms with Gasteiger partial charge in [0, 0.05) is 23.1 Å². The molecule has 19 heavy (non-hydrogen) atoms. The Morgan fingerprint density at radius 3 is 2.84 bits per heavy atom. The van der Waals surface area contributed by atoms with Crippen molar-refractivity contribution in [3.8, 4) is 0 Å². The quantitative estimate of drug-likeness (QED) is 0.779. The minimum atomic E-state index is -3.57. The van der Waals surface area contributed by atoms with Crippen LogP contribution in [0.4, 0.5) is 5.69 Å². The fourth-order valence-electron chi connectivity index (χ4n) is 1.36. The predicted molar refractivity (Wildman–Crippen MR) is 71.7 cm³/mol. The van der Waals surface area contributed by atoms with E-state index in [1.165, 1.54) is 24.6 Å². The molecule has 2 rings (SSSR count). The molecule has 0 fully saturated rings. The summed E-state index contributed by atoms with van der Waals surface area (Å²) in [5.74, 6) is 0.446. The molecule has 0 amide bonds. The molecule has 1 aromatic carbocycles. The Morgan fingerprint density at radius 2 is 2.21 bits per heavy atom. The van der Waals surface area contributed by atoms with Crippen molar-refractivity contribution in [1.82, 2.24) is 14.9 Å². The minimum Gasteiger partial charge on any atom is -0.398 e. The van der Waals surface area contributed by atoms with Crippen molar-refractivity contribution in [2.45, 2.75) is 11.3 Å². The van der Waals surface area contributed by atoms with E-state index in [0.29, 0.717) is 22.4 Å². The number of nitrogen functional groups attached to an aromatic ring is 1. The van der Waals surface area contributed by atoms with Gasteiger partial charge in [-0.05, 0) is 34.1 Å². The highest BCUT2D eigenvalue weighted by atomic mass is 79.9. The van der Waals surface area contributed by atoms with Crippen LogP contribution in [0.5, 0.6) is 0 Å². The Bertz CT molecular complexity index is 657. The highest BCUT2D eigenvalue weighted by Gasteiger charge is 2.14. The van der Waals surface area contributed by atoms with Crippen LogP contribution >= 0.6 is 15.9 Å². The first-order valence-corrected chi connectivity index (χ1v) is 7.56. The van der Waals surface area contributed by atoms with Gasteiger partial charge in [-0.2, -0.15) is 4.98 Å². The Kier molecular flexibility index (Phi) is 4.17. The lowest BCUT2D eigenvalue weighted by molar-refractivity contribution is 0.410. The van der Waals surface area contributed by atoms with E-state index in [1.807, 2.05) is 0 Å². The SMILES string of the molecule is Nc1ccc(S(=O)(=O)NCCc2ncon2)cc1Br. The Morgan fingerprint density at radius 1 is 1.42 bits per heavy atom. The maximum atomic E-state index is 12.0. The van der Waals surface area contributed by atoms with Crippen molar-refractivity contribution in [1.29, 1.82) is 0 Å². The summed E-state index contributed by atoms with van der Waals surface area (Å²) in [6, 6.07) is 4.42.